The molecule has 1 amide bonds. The van der Waals surface area contributed by atoms with Crippen LogP contribution in [0.1, 0.15) is 50.7 Å². The second-order valence-corrected chi connectivity index (χ2v) is 8.47. The van der Waals surface area contributed by atoms with Crippen LogP contribution in [0.15, 0.2) is 36.5 Å². The molecule has 3 rings (SSSR count). The van der Waals surface area contributed by atoms with Crippen molar-refractivity contribution in [1.82, 2.24) is 10.3 Å². The van der Waals surface area contributed by atoms with Crippen LogP contribution in [0.2, 0.25) is 0 Å². The molecule has 0 fully saturated rings. The number of rotatable bonds is 5. The average molecular weight is 398 g/mol. The number of fused-ring (bicyclic) bond motifs is 1. The zero-order chi connectivity index (χ0) is 21.0. The maximum atomic E-state index is 12.0. The van der Waals surface area contributed by atoms with Gasteiger partial charge in [0.15, 0.2) is 0 Å². The van der Waals surface area contributed by atoms with E-state index in [9.17, 15) is 4.79 Å². The smallest absolute Gasteiger partial charge is 0.407 e. The van der Waals surface area contributed by atoms with Gasteiger partial charge < -0.3 is 19.7 Å². The fourth-order valence-electron chi connectivity index (χ4n) is 3.68. The molecule has 2 aromatic rings. The lowest BCUT2D eigenvalue weighted by molar-refractivity contribution is 0.0523. The number of aryl methyl sites for hydroxylation is 1. The van der Waals surface area contributed by atoms with Crippen LogP contribution in [0.3, 0.4) is 0 Å². The highest BCUT2D eigenvalue weighted by molar-refractivity contribution is 5.68. The van der Waals surface area contributed by atoms with Gasteiger partial charge in [0, 0.05) is 31.3 Å². The maximum Gasteiger partial charge on any atom is 0.407 e. The third-order valence-electron chi connectivity index (χ3n) is 5.16. The van der Waals surface area contributed by atoms with Gasteiger partial charge in [0.05, 0.1) is 19.0 Å². The number of carbonyl (C=O) groups is 1. The van der Waals surface area contributed by atoms with Gasteiger partial charge >= 0.3 is 6.09 Å². The molecule has 1 aliphatic rings. The molecule has 0 spiro atoms. The summed E-state index contributed by atoms with van der Waals surface area (Å²) in [6, 6.07) is 10.4. The molecule has 1 aliphatic carbocycles. The first-order valence-electron chi connectivity index (χ1n) is 10.1. The van der Waals surface area contributed by atoms with Gasteiger partial charge in [-0.25, -0.2) is 9.78 Å². The number of methoxy groups -OCH3 is 1. The molecule has 1 atom stereocenters. The fraction of sp³-hybridized carbons (Fsp3) is 0.478. The summed E-state index contributed by atoms with van der Waals surface area (Å²) in [6.07, 6.45) is 4.70. The number of amides is 1. The second-order valence-electron chi connectivity index (χ2n) is 8.47. The molecular weight excluding hydrogens is 366 g/mol. The van der Waals surface area contributed by atoms with E-state index in [0.717, 1.165) is 30.6 Å². The number of hydrogen-bond donors (Lipinski definition) is 1. The molecule has 0 unspecified atom stereocenters. The van der Waals surface area contributed by atoms with E-state index in [4.69, 9.17) is 9.47 Å². The van der Waals surface area contributed by atoms with E-state index in [2.05, 4.69) is 33.4 Å². The Hall–Kier alpha value is -2.76. The predicted octanol–water partition coefficient (Wildman–Crippen LogP) is 4.80. The minimum absolute atomic E-state index is 0.313. The number of nitrogens with one attached hydrogen (secondary N) is 1. The maximum absolute atomic E-state index is 12.0. The van der Waals surface area contributed by atoms with E-state index in [-0.39, 0.29) is 6.09 Å². The Balaban J connectivity index is 1.70. The van der Waals surface area contributed by atoms with Crippen LogP contribution in [0, 0.1) is 0 Å². The number of nitrogens with zero attached hydrogens (tertiary/aromatic N) is 2. The molecule has 6 heteroatoms. The van der Waals surface area contributed by atoms with E-state index in [1.165, 1.54) is 11.1 Å². The Kier molecular flexibility index (Phi) is 6.30. The number of aromatic nitrogens is 1. The first kappa shape index (κ1) is 21.0. The lowest BCUT2D eigenvalue weighted by atomic mass is 9.82. The fourth-order valence-corrected chi connectivity index (χ4v) is 3.68. The lowest BCUT2D eigenvalue weighted by Gasteiger charge is -2.28. The van der Waals surface area contributed by atoms with Gasteiger partial charge in [-0.3, -0.25) is 0 Å². The van der Waals surface area contributed by atoms with E-state index in [0.29, 0.717) is 18.3 Å². The number of ether oxygens (including phenoxy) is 2. The van der Waals surface area contributed by atoms with Crippen LogP contribution in [0.5, 0.6) is 5.88 Å². The molecule has 1 N–H and O–H groups in total. The topological polar surface area (TPSA) is 63.7 Å². The van der Waals surface area contributed by atoms with Crippen molar-refractivity contribution < 1.29 is 14.3 Å². The highest BCUT2D eigenvalue weighted by Crippen LogP contribution is 2.35. The van der Waals surface area contributed by atoms with Crippen molar-refractivity contribution in [1.29, 1.82) is 0 Å². The first-order valence-corrected chi connectivity index (χ1v) is 10.1. The van der Waals surface area contributed by atoms with E-state index >= 15 is 0 Å². The van der Waals surface area contributed by atoms with Crippen LogP contribution < -0.4 is 15.0 Å². The van der Waals surface area contributed by atoms with E-state index in [1.54, 1.807) is 7.11 Å². The van der Waals surface area contributed by atoms with Crippen molar-refractivity contribution in [3.63, 3.8) is 0 Å². The van der Waals surface area contributed by atoms with Crippen molar-refractivity contribution in [3.8, 4) is 5.88 Å². The van der Waals surface area contributed by atoms with Gasteiger partial charge in [-0.1, -0.05) is 6.07 Å². The number of alkyl carbamates (subject to hydrolysis) is 1. The van der Waals surface area contributed by atoms with Crippen molar-refractivity contribution in [2.75, 3.05) is 25.6 Å². The molecule has 0 saturated carbocycles. The molecule has 0 saturated heterocycles. The SMILES string of the molecule is COc1ccc(N(C)c2ccc3c(c2)CCC[C@H]3CNC(=O)OC(C)(C)C)cn1. The molecule has 0 aliphatic heterocycles. The summed E-state index contributed by atoms with van der Waals surface area (Å²) in [5, 5.41) is 2.93. The third-order valence-corrected chi connectivity index (χ3v) is 5.16. The zero-order valence-corrected chi connectivity index (χ0v) is 18.0. The minimum Gasteiger partial charge on any atom is -0.481 e. The van der Waals surface area contributed by atoms with Gasteiger partial charge in [-0.2, -0.15) is 0 Å². The molecule has 1 heterocycles. The Morgan fingerprint density at radius 1 is 1.24 bits per heavy atom. The van der Waals surface area contributed by atoms with E-state index < -0.39 is 5.60 Å². The minimum atomic E-state index is -0.482. The monoisotopic (exact) mass is 397 g/mol. The Labute approximate surface area is 173 Å². The molecule has 156 valence electrons. The standard InChI is InChI=1S/C23H31N3O3/c1-23(2,3)29-22(27)25-14-17-8-6-7-16-13-18(9-11-20(16)17)26(4)19-10-12-21(28-5)24-15-19/h9-13,15,17H,6-8,14H2,1-5H3,(H,25,27)/t17-/m0/s1. The summed E-state index contributed by atoms with van der Waals surface area (Å²) >= 11 is 0. The quantitative estimate of drug-likeness (QED) is 0.785. The first-order chi connectivity index (χ1) is 13.8. The number of anilines is 2. The number of pyridine rings is 1. The molecule has 0 bridgehead atoms. The van der Waals surface area contributed by atoms with Gasteiger partial charge in [0.2, 0.25) is 5.88 Å². The summed E-state index contributed by atoms with van der Waals surface area (Å²) in [5.74, 6) is 0.918. The Morgan fingerprint density at radius 2 is 2.00 bits per heavy atom. The summed E-state index contributed by atoms with van der Waals surface area (Å²) in [5.41, 5.74) is 4.31. The van der Waals surface area contributed by atoms with Crippen LogP contribution >= 0.6 is 0 Å². The van der Waals surface area contributed by atoms with Gasteiger partial charge in [0.1, 0.15) is 5.60 Å². The third kappa shape index (κ3) is 5.40. The highest BCUT2D eigenvalue weighted by Gasteiger charge is 2.23. The summed E-state index contributed by atoms with van der Waals surface area (Å²) in [6.45, 7) is 6.22. The van der Waals surface area contributed by atoms with Crippen LogP contribution in [0.4, 0.5) is 16.2 Å². The van der Waals surface area contributed by atoms with Crippen molar-refractivity contribution in [3.05, 3.63) is 47.7 Å². The van der Waals surface area contributed by atoms with E-state index in [1.807, 2.05) is 46.1 Å². The lowest BCUT2D eigenvalue weighted by Crippen LogP contribution is -2.35. The summed E-state index contributed by atoms with van der Waals surface area (Å²) in [4.78, 5) is 18.4. The van der Waals surface area contributed by atoms with Crippen LogP contribution in [0.25, 0.3) is 0 Å². The normalized spacial score (nSPS) is 16.0. The Bertz CT molecular complexity index is 843. The molecule has 1 aromatic heterocycles. The van der Waals surface area contributed by atoms with Crippen LogP contribution in [-0.2, 0) is 11.2 Å². The molecule has 0 radical (unpaired) electrons. The van der Waals surface area contributed by atoms with Gasteiger partial charge in [-0.15, -0.1) is 0 Å². The average Bonchev–Trinajstić information content (AvgIpc) is 2.70. The molecule has 6 nitrogen and oxygen atoms in total. The van der Waals surface area contributed by atoms with Crippen molar-refractivity contribution >= 4 is 17.5 Å². The molecule has 29 heavy (non-hydrogen) atoms. The van der Waals surface area contributed by atoms with Crippen molar-refractivity contribution in [2.24, 2.45) is 0 Å². The number of hydrogen-bond acceptors (Lipinski definition) is 5. The van der Waals surface area contributed by atoms with Gasteiger partial charge in [-0.05, 0) is 69.4 Å². The van der Waals surface area contributed by atoms with Crippen molar-refractivity contribution in [2.45, 2.75) is 51.6 Å². The number of benzene rings is 1. The Morgan fingerprint density at radius 3 is 2.66 bits per heavy atom. The second kappa shape index (κ2) is 8.72. The molecular formula is C23H31N3O3. The molecule has 1 aromatic carbocycles. The predicted molar refractivity (Wildman–Crippen MR) is 115 cm³/mol. The van der Waals surface area contributed by atoms with Crippen LogP contribution in [-0.4, -0.2) is 37.4 Å². The highest BCUT2D eigenvalue weighted by atomic mass is 16.6. The summed E-state index contributed by atoms with van der Waals surface area (Å²) in [7, 11) is 3.65. The number of carbonyl (C=O) groups excluding carboxylic acids is 1. The summed E-state index contributed by atoms with van der Waals surface area (Å²) < 4.78 is 10.5. The largest absolute Gasteiger partial charge is 0.481 e. The zero-order valence-electron chi connectivity index (χ0n) is 18.0. The van der Waals surface area contributed by atoms with Gasteiger partial charge in [0.25, 0.3) is 0 Å².